The van der Waals surface area contributed by atoms with E-state index in [1.54, 1.807) is 29.2 Å². The van der Waals surface area contributed by atoms with Gasteiger partial charge in [-0.15, -0.1) is 11.3 Å². The van der Waals surface area contributed by atoms with Gasteiger partial charge in [0.2, 0.25) is 5.91 Å². The third-order valence-corrected chi connectivity index (χ3v) is 9.43. The van der Waals surface area contributed by atoms with E-state index in [0.29, 0.717) is 24.4 Å². The predicted molar refractivity (Wildman–Crippen MR) is 164 cm³/mol. The molecule has 2 fully saturated rings. The second-order valence-electron chi connectivity index (χ2n) is 11.4. The van der Waals surface area contributed by atoms with Crippen LogP contribution in [0.15, 0.2) is 72.1 Å². The molecule has 9 nitrogen and oxygen atoms in total. The van der Waals surface area contributed by atoms with Crippen molar-refractivity contribution in [2.24, 2.45) is 5.73 Å². The van der Waals surface area contributed by atoms with Crippen LogP contribution in [0.4, 0.5) is 5.69 Å². The average molecular weight is 590 g/mol. The lowest BCUT2D eigenvalue weighted by molar-refractivity contribution is -0.384. The van der Waals surface area contributed by atoms with E-state index < -0.39 is 6.04 Å². The molecule has 2 aliphatic rings. The minimum Gasteiger partial charge on any atom is -0.352 e. The van der Waals surface area contributed by atoms with Gasteiger partial charge in [-0.3, -0.25) is 24.6 Å². The highest BCUT2D eigenvalue weighted by atomic mass is 32.1. The molecule has 1 saturated carbocycles. The summed E-state index contributed by atoms with van der Waals surface area (Å²) in [5, 5.41) is 16.3. The Morgan fingerprint density at radius 3 is 2.38 bits per heavy atom. The highest BCUT2D eigenvalue weighted by Crippen LogP contribution is 2.28. The zero-order valence-electron chi connectivity index (χ0n) is 23.8. The number of nitrogens with two attached hydrogens (primary N) is 1. The molecule has 2 aromatic carbocycles. The van der Waals surface area contributed by atoms with Gasteiger partial charge in [0, 0.05) is 49.9 Å². The van der Waals surface area contributed by atoms with Crippen molar-refractivity contribution < 1.29 is 14.5 Å². The van der Waals surface area contributed by atoms with Crippen molar-refractivity contribution in [3.05, 3.63) is 98.2 Å². The topological polar surface area (TPSA) is 122 Å². The summed E-state index contributed by atoms with van der Waals surface area (Å²) >= 11 is 1.40. The number of carbonyl (C=O) groups excluding carboxylic acids is 2. The van der Waals surface area contributed by atoms with Crippen molar-refractivity contribution in [2.45, 2.75) is 75.7 Å². The molecular weight excluding hydrogens is 550 g/mol. The monoisotopic (exact) mass is 589 g/mol. The molecule has 1 saturated heterocycles. The molecule has 42 heavy (non-hydrogen) atoms. The van der Waals surface area contributed by atoms with E-state index in [9.17, 15) is 19.7 Å². The molecule has 222 valence electrons. The first-order valence-electron chi connectivity index (χ1n) is 14.8. The number of thiophene rings is 1. The van der Waals surface area contributed by atoms with Gasteiger partial charge < -0.3 is 16.0 Å². The summed E-state index contributed by atoms with van der Waals surface area (Å²) in [6.07, 6.45) is 5.58. The van der Waals surface area contributed by atoms with Crippen molar-refractivity contribution in [3.63, 3.8) is 0 Å². The number of hydrogen-bond acceptors (Lipinski definition) is 7. The SMILES string of the molecule is NC1CCC(NC(=O)[C@H]2CC(N(CCc3ccccc3)Cc3ccc([N+](=O)[O-])cc3)CCN2C(=O)c2cccs2)CC1. The maximum absolute atomic E-state index is 13.8. The van der Waals surface area contributed by atoms with Gasteiger partial charge in [-0.2, -0.15) is 0 Å². The summed E-state index contributed by atoms with van der Waals surface area (Å²) in [5.74, 6) is -0.191. The molecule has 0 bridgehead atoms. The van der Waals surface area contributed by atoms with Crippen molar-refractivity contribution in [1.82, 2.24) is 15.1 Å². The Morgan fingerprint density at radius 1 is 0.976 bits per heavy atom. The van der Waals surface area contributed by atoms with Crippen LogP contribution in [-0.4, -0.2) is 63.8 Å². The number of non-ortho nitro benzene ring substituents is 1. The van der Waals surface area contributed by atoms with Crippen LogP contribution >= 0.6 is 11.3 Å². The van der Waals surface area contributed by atoms with Gasteiger partial charge in [-0.25, -0.2) is 0 Å². The van der Waals surface area contributed by atoms with Crippen LogP contribution in [0.1, 0.15) is 59.3 Å². The number of rotatable bonds is 10. The summed E-state index contributed by atoms with van der Waals surface area (Å²) in [7, 11) is 0. The fourth-order valence-electron chi connectivity index (χ4n) is 6.14. The number of carbonyl (C=O) groups is 2. The summed E-state index contributed by atoms with van der Waals surface area (Å²) in [6, 6.07) is 20.4. The predicted octanol–water partition coefficient (Wildman–Crippen LogP) is 4.76. The number of hydrogen-bond donors (Lipinski definition) is 2. The lowest BCUT2D eigenvalue weighted by atomic mass is 9.90. The van der Waals surface area contributed by atoms with Gasteiger partial charge >= 0.3 is 0 Å². The smallest absolute Gasteiger partial charge is 0.269 e. The Kier molecular flexibility index (Phi) is 9.99. The van der Waals surface area contributed by atoms with Crippen LogP contribution in [0.25, 0.3) is 0 Å². The fraction of sp³-hybridized carbons (Fsp3) is 0.438. The highest BCUT2D eigenvalue weighted by molar-refractivity contribution is 7.12. The van der Waals surface area contributed by atoms with Crippen molar-refractivity contribution in [3.8, 4) is 0 Å². The first-order valence-corrected chi connectivity index (χ1v) is 15.7. The van der Waals surface area contributed by atoms with Crippen molar-refractivity contribution in [1.29, 1.82) is 0 Å². The van der Waals surface area contributed by atoms with Gasteiger partial charge in [0.15, 0.2) is 0 Å². The second kappa shape index (κ2) is 14.0. The normalized spacial score (nSPS) is 22.6. The van der Waals surface area contributed by atoms with Crippen LogP contribution in [0.3, 0.4) is 0 Å². The van der Waals surface area contributed by atoms with E-state index in [2.05, 4.69) is 22.3 Å². The second-order valence-corrected chi connectivity index (χ2v) is 12.4. The van der Waals surface area contributed by atoms with Gasteiger partial charge in [0.05, 0.1) is 9.80 Å². The number of nitro benzene ring substituents is 1. The van der Waals surface area contributed by atoms with Crippen molar-refractivity contribution >= 4 is 28.8 Å². The maximum Gasteiger partial charge on any atom is 0.269 e. The Balaban J connectivity index is 1.36. The van der Waals surface area contributed by atoms with Gasteiger partial charge in [-0.1, -0.05) is 48.5 Å². The van der Waals surface area contributed by atoms with E-state index in [1.807, 2.05) is 35.7 Å². The van der Waals surface area contributed by atoms with Crippen LogP contribution in [0.2, 0.25) is 0 Å². The number of amides is 2. The first-order chi connectivity index (χ1) is 20.4. The number of nitrogens with one attached hydrogen (secondary N) is 1. The molecule has 1 aliphatic heterocycles. The number of benzene rings is 2. The number of nitrogens with zero attached hydrogens (tertiary/aromatic N) is 3. The number of likely N-dealkylation sites (tertiary alicyclic amines) is 1. The number of nitro groups is 1. The van der Waals surface area contributed by atoms with Gasteiger partial charge in [0.25, 0.3) is 11.6 Å². The summed E-state index contributed by atoms with van der Waals surface area (Å²) in [5.41, 5.74) is 8.36. The third kappa shape index (κ3) is 7.61. The lowest BCUT2D eigenvalue weighted by Crippen LogP contribution is -2.58. The van der Waals surface area contributed by atoms with Gasteiger partial charge in [-0.05, 0) is 67.5 Å². The van der Waals surface area contributed by atoms with Crippen LogP contribution < -0.4 is 11.1 Å². The molecule has 1 aromatic heterocycles. The highest BCUT2D eigenvalue weighted by Gasteiger charge is 2.39. The van der Waals surface area contributed by atoms with E-state index in [1.165, 1.54) is 16.9 Å². The summed E-state index contributed by atoms with van der Waals surface area (Å²) in [6.45, 7) is 1.85. The minimum atomic E-state index is -0.579. The van der Waals surface area contributed by atoms with Crippen LogP contribution in [-0.2, 0) is 17.8 Å². The van der Waals surface area contributed by atoms with E-state index >= 15 is 0 Å². The van der Waals surface area contributed by atoms with Crippen LogP contribution in [0, 0.1) is 10.1 Å². The van der Waals surface area contributed by atoms with Crippen LogP contribution in [0.5, 0.6) is 0 Å². The lowest BCUT2D eigenvalue weighted by Gasteiger charge is -2.43. The average Bonchev–Trinajstić information content (AvgIpc) is 3.56. The molecule has 1 unspecified atom stereocenters. The molecule has 1 aliphatic carbocycles. The molecule has 3 N–H and O–H groups in total. The molecular formula is C32H39N5O4S. The first kappa shape index (κ1) is 29.9. The van der Waals surface area contributed by atoms with Crippen molar-refractivity contribution in [2.75, 3.05) is 13.1 Å². The van der Waals surface area contributed by atoms with E-state index in [-0.39, 0.29) is 40.6 Å². The molecule has 3 aromatic rings. The largest absolute Gasteiger partial charge is 0.352 e. The van der Waals surface area contributed by atoms with E-state index in [4.69, 9.17) is 5.73 Å². The minimum absolute atomic E-state index is 0.0619. The molecule has 2 amide bonds. The Hall–Kier alpha value is -3.60. The zero-order valence-corrected chi connectivity index (χ0v) is 24.6. The zero-order chi connectivity index (χ0) is 29.5. The Bertz CT molecular complexity index is 1330. The molecule has 2 heterocycles. The Labute approximate surface area is 250 Å². The maximum atomic E-state index is 13.8. The molecule has 0 radical (unpaired) electrons. The van der Waals surface area contributed by atoms with Gasteiger partial charge in [0.1, 0.15) is 6.04 Å². The molecule has 5 rings (SSSR count). The Morgan fingerprint density at radius 2 is 1.71 bits per heavy atom. The summed E-state index contributed by atoms with van der Waals surface area (Å²) in [4.78, 5) is 42.9. The number of piperidine rings is 1. The molecule has 0 spiro atoms. The standard InChI is InChI=1S/C32H39N5O4S/c33-25-10-12-26(13-11-25)34-31(38)29-21-28(17-19-36(29)32(39)30-7-4-20-42-30)35(18-16-23-5-2-1-3-6-23)22-24-8-14-27(15-9-24)37(40)41/h1-9,14-15,20,25-26,28-29H,10-13,16-19,21-22,33H2,(H,34,38)/t25?,26?,28?,29-/m1/s1. The molecule has 10 heteroatoms. The van der Waals surface area contributed by atoms with E-state index in [0.717, 1.165) is 50.6 Å². The quantitative estimate of drug-likeness (QED) is 0.260. The third-order valence-electron chi connectivity index (χ3n) is 8.57. The summed E-state index contributed by atoms with van der Waals surface area (Å²) < 4.78 is 0. The molecule has 2 atom stereocenters. The fourth-order valence-corrected chi connectivity index (χ4v) is 6.82.